The summed E-state index contributed by atoms with van der Waals surface area (Å²) in [4.78, 5) is 2.37. The molecule has 2 heteroatoms. The van der Waals surface area contributed by atoms with E-state index in [4.69, 9.17) is 0 Å². The van der Waals surface area contributed by atoms with Gasteiger partial charge in [0, 0.05) is 38.6 Å². The Hall–Kier alpha value is -8.72. The SMILES string of the molecule is CCC1(CC)c2cc(-c3ccc4c(c3)c3ccccc3n4-c3ccc(N(c4ccccc4)c4cccc5ccccc45)cc3)ccc2-c2ccc(C(c3ccccc3)(c3ccccc3)c3ccccc3)cc21. The Morgan fingerprint density at radius 1 is 0.375 bits per heavy atom. The zero-order valence-corrected chi connectivity index (χ0v) is 40.7. The van der Waals surface area contributed by atoms with Crippen molar-refractivity contribution in [2.45, 2.75) is 37.5 Å². The van der Waals surface area contributed by atoms with Crippen molar-refractivity contribution in [1.82, 2.24) is 4.57 Å². The van der Waals surface area contributed by atoms with Crippen molar-refractivity contribution in [3.05, 3.63) is 300 Å². The third-order valence-corrected chi connectivity index (χ3v) is 16.0. The molecule has 1 heterocycles. The summed E-state index contributed by atoms with van der Waals surface area (Å²) in [7, 11) is 0. The van der Waals surface area contributed by atoms with Gasteiger partial charge >= 0.3 is 0 Å². The predicted octanol–water partition coefficient (Wildman–Crippen LogP) is 18.5. The Bertz CT molecular complexity index is 3820. The van der Waals surface area contributed by atoms with Crippen LogP contribution in [0.3, 0.4) is 0 Å². The first-order chi connectivity index (χ1) is 35.6. The van der Waals surface area contributed by atoms with Gasteiger partial charge in [-0.15, -0.1) is 0 Å². The van der Waals surface area contributed by atoms with Gasteiger partial charge in [0.1, 0.15) is 0 Å². The molecule has 0 N–H and O–H groups in total. The minimum Gasteiger partial charge on any atom is -0.310 e. The highest BCUT2D eigenvalue weighted by atomic mass is 15.1. The molecular formula is C70H54N2. The molecule has 12 aromatic rings. The number of aromatic nitrogens is 1. The fourth-order valence-corrected chi connectivity index (χ4v) is 12.6. The molecular weight excluding hydrogens is 869 g/mol. The van der Waals surface area contributed by atoms with Crippen LogP contribution in [0.25, 0.3) is 60.5 Å². The van der Waals surface area contributed by atoms with E-state index in [1.807, 2.05) is 0 Å². The maximum atomic E-state index is 2.57. The minimum absolute atomic E-state index is 0.150. The first kappa shape index (κ1) is 43.3. The summed E-state index contributed by atoms with van der Waals surface area (Å²) < 4.78 is 2.43. The van der Waals surface area contributed by atoms with Crippen molar-refractivity contribution in [1.29, 1.82) is 0 Å². The zero-order chi connectivity index (χ0) is 48.2. The highest BCUT2D eigenvalue weighted by Gasteiger charge is 2.44. The highest BCUT2D eigenvalue weighted by molar-refractivity contribution is 6.10. The number of nitrogens with zero attached hydrogens (tertiary/aromatic N) is 2. The molecule has 0 amide bonds. The molecule has 0 bridgehead atoms. The summed E-state index contributed by atoms with van der Waals surface area (Å²) in [6.07, 6.45) is 2.00. The van der Waals surface area contributed by atoms with Crippen LogP contribution >= 0.6 is 0 Å². The van der Waals surface area contributed by atoms with Crippen molar-refractivity contribution in [2.75, 3.05) is 4.90 Å². The van der Waals surface area contributed by atoms with Gasteiger partial charge in [0.2, 0.25) is 0 Å². The number of hydrogen-bond donors (Lipinski definition) is 0. The Morgan fingerprint density at radius 2 is 0.875 bits per heavy atom. The maximum absolute atomic E-state index is 2.57. The van der Waals surface area contributed by atoms with Gasteiger partial charge in [-0.1, -0.05) is 214 Å². The van der Waals surface area contributed by atoms with Crippen LogP contribution < -0.4 is 4.90 Å². The second-order valence-corrected chi connectivity index (χ2v) is 19.4. The van der Waals surface area contributed by atoms with Crippen LogP contribution in [0.1, 0.15) is 60.1 Å². The summed E-state index contributed by atoms with van der Waals surface area (Å²) >= 11 is 0. The van der Waals surface area contributed by atoms with Gasteiger partial charge in [0.05, 0.1) is 22.1 Å². The lowest BCUT2D eigenvalue weighted by molar-refractivity contribution is 0.489. The Morgan fingerprint density at radius 3 is 1.53 bits per heavy atom. The van der Waals surface area contributed by atoms with E-state index in [9.17, 15) is 0 Å². The number of para-hydroxylation sites is 2. The lowest BCUT2D eigenvalue weighted by Gasteiger charge is -2.38. The van der Waals surface area contributed by atoms with Gasteiger partial charge in [-0.25, -0.2) is 0 Å². The van der Waals surface area contributed by atoms with E-state index >= 15 is 0 Å². The molecule has 1 aromatic heterocycles. The molecule has 13 rings (SSSR count). The van der Waals surface area contributed by atoms with E-state index in [2.05, 4.69) is 290 Å². The van der Waals surface area contributed by atoms with Crippen LogP contribution in [-0.2, 0) is 10.8 Å². The standard InChI is InChI=1S/C70H54N2/c1-3-69(4-2)64-47-51(36-43-60(64)61-44-38-55(48-65(61)69)70(52-24-9-5-10-25-52,53-26-11-6-12-27-53)54-28-13-7-14-29-54)50-37-45-68-63(46-50)62-33-19-20-34-67(62)72(68)58-41-39-57(40-42-58)71(56-30-15-8-16-31-56)66-35-21-23-49-22-17-18-32-59(49)66/h5-48H,3-4H2,1-2H3. The van der Waals surface area contributed by atoms with Crippen molar-refractivity contribution in [2.24, 2.45) is 0 Å². The Balaban J connectivity index is 0.906. The number of fused-ring (bicyclic) bond motifs is 7. The number of hydrogen-bond acceptors (Lipinski definition) is 1. The van der Waals surface area contributed by atoms with Crippen molar-refractivity contribution >= 4 is 49.6 Å². The van der Waals surface area contributed by atoms with Gasteiger partial charge < -0.3 is 9.47 Å². The van der Waals surface area contributed by atoms with Crippen LogP contribution in [-0.4, -0.2) is 4.57 Å². The van der Waals surface area contributed by atoms with Crippen LogP contribution in [0.4, 0.5) is 17.1 Å². The topological polar surface area (TPSA) is 8.17 Å². The molecule has 72 heavy (non-hydrogen) atoms. The van der Waals surface area contributed by atoms with Gasteiger partial charge in [-0.2, -0.15) is 0 Å². The average Bonchev–Trinajstić information content (AvgIpc) is 3.94. The molecule has 344 valence electrons. The van der Waals surface area contributed by atoms with Crippen LogP contribution in [0.2, 0.25) is 0 Å². The largest absolute Gasteiger partial charge is 0.310 e. The smallest absolute Gasteiger partial charge is 0.0701 e. The van der Waals surface area contributed by atoms with E-state index in [0.29, 0.717) is 0 Å². The molecule has 0 spiro atoms. The van der Waals surface area contributed by atoms with Gasteiger partial charge in [0.25, 0.3) is 0 Å². The molecule has 0 saturated carbocycles. The molecule has 1 aliphatic rings. The number of anilines is 3. The Kier molecular flexibility index (Phi) is 10.6. The quantitative estimate of drug-likeness (QED) is 0.117. The summed E-state index contributed by atoms with van der Waals surface area (Å²) in [5, 5.41) is 4.94. The lowest BCUT2D eigenvalue weighted by Crippen LogP contribution is -2.32. The first-order valence-corrected chi connectivity index (χ1v) is 25.5. The summed E-state index contributed by atoms with van der Waals surface area (Å²) in [5.74, 6) is 0. The summed E-state index contributed by atoms with van der Waals surface area (Å²) in [6, 6.07) is 99.0. The molecule has 0 atom stereocenters. The lowest BCUT2D eigenvalue weighted by atomic mass is 9.64. The number of benzene rings is 11. The van der Waals surface area contributed by atoms with Crippen LogP contribution in [0.15, 0.2) is 267 Å². The molecule has 0 radical (unpaired) electrons. The van der Waals surface area contributed by atoms with Crippen LogP contribution in [0, 0.1) is 0 Å². The average molecular weight is 923 g/mol. The van der Waals surface area contributed by atoms with Gasteiger partial charge in [-0.05, 0) is 141 Å². The fourth-order valence-electron chi connectivity index (χ4n) is 12.6. The summed E-state index contributed by atoms with van der Waals surface area (Å²) in [6.45, 7) is 4.77. The Labute approximate surface area is 422 Å². The molecule has 0 saturated heterocycles. The fraction of sp³-hybridized carbons (Fsp3) is 0.0857. The first-order valence-electron chi connectivity index (χ1n) is 25.5. The number of rotatable bonds is 11. The monoisotopic (exact) mass is 922 g/mol. The third-order valence-electron chi connectivity index (χ3n) is 16.0. The van der Waals surface area contributed by atoms with Crippen molar-refractivity contribution in [3.8, 4) is 27.9 Å². The third kappa shape index (κ3) is 6.70. The van der Waals surface area contributed by atoms with Crippen molar-refractivity contribution < 1.29 is 0 Å². The van der Waals surface area contributed by atoms with Gasteiger partial charge in [0.15, 0.2) is 0 Å². The maximum Gasteiger partial charge on any atom is 0.0701 e. The minimum atomic E-state index is -0.511. The van der Waals surface area contributed by atoms with E-state index in [1.54, 1.807) is 0 Å². The normalized spacial score (nSPS) is 12.8. The second-order valence-electron chi connectivity index (χ2n) is 19.4. The second kappa shape index (κ2) is 17.6. The summed E-state index contributed by atoms with van der Waals surface area (Å²) in [5.41, 5.74) is 19.4. The van der Waals surface area contributed by atoms with E-state index in [1.165, 1.54) is 88.2 Å². The van der Waals surface area contributed by atoms with E-state index in [-0.39, 0.29) is 5.41 Å². The molecule has 11 aromatic carbocycles. The zero-order valence-electron chi connectivity index (χ0n) is 40.7. The van der Waals surface area contributed by atoms with E-state index in [0.717, 1.165) is 35.6 Å². The van der Waals surface area contributed by atoms with Crippen molar-refractivity contribution in [3.63, 3.8) is 0 Å². The molecule has 1 aliphatic carbocycles. The predicted molar refractivity (Wildman–Crippen MR) is 304 cm³/mol. The molecule has 0 aliphatic heterocycles. The highest BCUT2D eigenvalue weighted by Crippen LogP contribution is 2.56. The molecule has 2 nitrogen and oxygen atoms in total. The molecule has 0 unspecified atom stereocenters. The van der Waals surface area contributed by atoms with E-state index < -0.39 is 5.41 Å². The molecule has 0 fully saturated rings. The van der Waals surface area contributed by atoms with Gasteiger partial charge in [-0.3, -0.25) is 0 Å². The van der Waals surface area contributed by atoms with Crippen LogP contribution in [0.5, 0.6) is 0 Å².